The summed E-state index contributed by atoms with van der Waals surface area (Å²) in [7, 11) is -3.21. The molecule has 0 unspecified atom stereocenters. The van der Waals surface area contributed by atoms with Crippen LogP contribution in [0.15, 0.2) is 29.2 Å². The third kappa shape index (κ3) is 4.43. The van der Waals surface area contributed by atoms with Crippen LogP contribution in [0.5, 0.6) is 5.75 Å². The zero-order chi connectivity index (χ0) is 15.3. The van der Waals surface area contributed by atoms with Crippen LogP contribution in [-0.4, -0.2) is 58.0 Å². The minimum absolute atomic E-state index is 0.345. The smallest absolute Gasteiger partial charge is 0.180 e. The van der Waals surface area contributed by atoms with Crippen LogP contribution in [0.2, 0.25) is 0 Å². The number of hydrogen-bond donors (Lipinski definition) is 0. The van der Waals surface area contributed by atoms with E-state index in [9.17, 15) is 8.42 Å². The van der Waals surface area contributed by atoms with Crippen LogP contribution in [-0.2, 0) is 14.6 Å². The molecule has 1 aromatic rings. The molecular weight excluding hydrogens is 290 g/mol. The van der Waals surface area contributed by atoms with Crippen molar-refractivity contribution in [2.45, 2.75) is 24.0 Å². The summed E-state index contributed by atoms with van der Waals surface area (Å²) in [5, 5.41) is -0.411. The Morgan fingerprint density at radius 3 is 2.38 bits per heavy atom. The summed E-state index contributed by atoms with van der Waals surface area (Å²) in [5.74, 6) is 0.700. The zero-order valence-electron chi connectivity index (χ0n) is 12.6. The molecule has 1 aliphatic rings. The lowest BCUT2D eigenvalue weighted by molar-refractivity contribution is 0.0322. The highest BCUT2D eigenvalue weighted by atomic mass is 32.2. The minimum Gasteiger partial charge on any atom is -0.492 e. The van der Waals surface area contributed by atoms with E-state index in [-0.39, 0.29) is 0 Å². The lowest BCUT2D eigenvalue weighted by Gasteiger charge is -2.26. The molecule has 0 radical (unpaired) electrons. The van der Waals surface area contributed by atoms with Gasteiger partial charge in [0.15, 0.2) is 9.84 Å². The summed E-state index contributed by atoms with van der Waals surface area (Å²) in [6.45, 7) is 8.25. The van der Waals surface area contributed by atoms with E-state index in [1.165, 1.54) is 0 Å². The maximum absolute atomic E-state index is 12.0. The summed E-state index contributed by atoms with van der Waals surface area (Å²) < 4.78 is 35.0. The molecule has 0 aromatic heterocycles. The Kier molecular flexibility index (Phi) is 5.61. The fourth-order valence-electron chi connectivity index (χ4n) is 2.12. The van der Waals surface area contributed by atoms with Gasteiger partial charge in [0.25, 0.3) is 0 Å². The first kappa shape index (κ1) is 16.3. The van der Waals surface area contributed by atoms with Crippen molar-refractivity contribution in [1.29, 1.82) is 0 Å². The van der Waals surface area contributed by atoms with Crippen molar-refractivity contribution < 1.29 is 17.9 Å². The molecule has 1 aliphatic heterocycles. The number of nitrogens with zero attached hydrogens (tertiary/aromatic N) is 1. The van der Waals surface area contributed by atoms with E-state index in [0.717, 1.165) is 32.8 Å². The summed E-state index contributed by atoms with van der Waals surface area (Å²) in [6.07, 6.45) is 0. The number of sulfone groups is 1. The molecule has 1 fully saturated rings. The fraction of sp³-hybridized carbons (Fsp3) is 0.600. The normalized spacial score (nSPS) is 17.1. The third-order valence-corrected chi connectivity index (χ3v) is 5.72. The van der Waals surface area contributed by atoms with E-state index in [1.807, 2.05) is 0 Å². The Hall–Kier alpha value is -1.11. The molecule has 0 atom stereocenters. The predicted molar refractivity (Wildman–Crippen MR) is 81.5 cm³/mol. The molecule has 1 heterocycles. The highest BCUT2D eigenvalue weighted by Crippen LogP contribution is 2.19. The van der Waals surface area contributed by atoms with Gasteiger partial charge in [-0.05, 0) is 38.1 Å². The highest BCUT2D eigenvalue weighted by molar-refractivity contribution is 7.92. The Morgan fingerprint density at radius 2 is 1.81 bits per heavy atom. The predicted octanol–water partition coefficient (Wildman–Crippen LogP) is 1.58. The molecule has 0 spiro atoms. The van der Waals surface area contributed by atoms with Crippen LogP contribution in [0.1, 0.15) is 13.8 Å². The highest BCUT2D eigenvalue weighted by Gasteiger charge is 2.18. The van der Waals surface area contributed by atoms with E-state index < -0.39 is 15.1 Å². The molecule has 21 heavy (non-hydrogen) atoms. The van der Waals surface area contributed by atoms with Gasteiger partial charge in [-0.15, -0.1) is 0 Å². The minimum atomic E-state index is -3.21. The van der Waals surface area contributed by atoms with Gasteiger partial charge < -0.3 is 9.47 Å². The molecular formula is C15H23NO4S. The summed E-state index contributed by atoms with van der Waals surface area (Å²) in [4.78, 5) is 2.64. The molecule has 0 N–H and O–H groups in total. The molecule has 0 amide bonds. The Bertz CT molecular complexity index is 533. The van der Waals surface area contributed by atoms with Gasteiger partial charge in [0.1, 0.15) is 12.4 Å². The molecule has 6 heteroatoms. The largest absolute Gasteiger partial charge is 0.492 e. The number of morpholine rings is 1. The average Bonchev–Trinajstić information content (AvgIpc) is 2.49. The van der Waals surface area contributed by atoms with Crippen LogP contribution >= 0.6 is 0 Å². The Labute approximate surface area is 126 Å². The van der Waals surface area contributed by atoms with Crippen LogP contribution < -0.4 is 4.74 Å². The lowest BCUT2D eigenvalue weighted by atomic mass is 10.3. The summed E-state index contributed by atoms with van der Waals surface area (Å²) in [5.41, 5.74) is 0. The van der Waals surface area contributed by atoms with Crippen LogP contribution in [0.25, 0.3) is 0 Å². The lowest BCUT2D eigenvalue weighted by Crippen LogP contribution is -2.38. The van der Waals surface area contributed by atoms with Crippen molar-refractivity contribution in [1.82, 2.24) is 4.90 Å². The SMILES string of the molecule is CC(C)S(=O)(=O)c1ccc(OCCN2CCOCC2)cc1. The zero-order valence-corrected chi connectivity index (χ0v) is 13.4. The molecule has 0 saturated carbocycles. The monoisotopic (exact) mass is 313 g/mol. The number of hydrogen-bond acceptors (Lipinski definition) is 5. The third-order valence-electron chi connectivity index (χ3n) is 3.55. The maximum atomic E-state index is 12.0. The van der Waals surface area contributed by atoms with Crippen molar-refractivity contribution >= 4 is 9.84 Å². The van der Waals surface area contributed by atoms with Gasteiger partial charge in [0.2, 0.25) is 0 Å². The number of rotatable bonds is 6. The Morgan fingerprint density at radius 1 is 1.19 bits per heavy atom. The number of ether oxygens (including phenoxy) is 2. The van der Waals surface area contributed by atoms with Gasteiger partial charge in [0.05, 0.1) is 23.4 Å². The van der Waals surface area contributed by atoms with Crippen molar-refractivity contribution in [3.05, 3.63) is 24.3 Å². The second-order valence-electron chi connectivity index (χ2n) is 5.37. The van der Waals surface area contributed by atoms with Gasteiger partial charge in [-0.2, -0.15) is 0 Å². The molecule has 0 aliphatic carbocycles. The Balaban J connectivity index is 1.85. The van der Waals surface area contributed by atoms with Crippen LogP contribution in [0.3, 0.4) is 0 Å². The van der Waals surface area contributed by atoms with Crippen LogP contribution in [0, 0.1) is 0 Å². The molecule has 1 aromatic carbocycles. The fourth-order valence-corrected chi connectivity index (χ4v) is 3.17. The topological polar surface area (TPSA) is 55.8 Å². The second kappa shape index (κ2) is 7.24. The van der Waals surface area contributed by atoms with Crippen molar-refractivity contribution in [3.63, 3.8) is 0 Å². The standard InChI is InChI=1S/C15H23NO4S/c1-13(2)21(17,18)15-5-3-14(4-6-15)20-12-9-16-7-10-19-11-8-16/h3-6,13H,7-12H2,1-2H3. The molecule has 0 bridgehead atoms. The molecule has 2 rings (SSSR count). The van der Waals surface area contributed by atoms with E-state index in [4.69, 9.17) is 9.47 Å². The van der Waals surface area contributed by atoms with E-state index in [1.54, 1.807) is 38.1 Å². The molecule has 1 saturated heterocycles. The van der Waals surface area contributed by atoms with Gasteiger partial charge in [0, 0.05) is 19.6 Å². The average molecular weight is 313 g/mol. The summed E-state index contributed by atoms with van der Waals surface area (Å²) in [6, 6.07) is 6.65. The first-order valence-corrected chi connectivity index (χ1v) is 8.81. The first-order valence-electron chi connectivity index (χ1n) is 7.27. The van der Waals surface area contributed by atoms with Gasteiger partial charge in [-0.25, -0.2) is 8.42 Å². The summed E-state index contributed by atoms with van der Waals surface area (Å²) >= 11 is 0. The van der Waals surface area contributed by atoms with E-state index >= 15 is 0 Å². The van der Waals surface area contributed by atoms with Crippen molar-refractivity contribution in [2.75, 3.05) is 39.5 Å². The maximum Gasteiger partial charge on any atom is 0.180 e. The van der Waals surface area contributed by atoms with Crippen molar-refractivity contribution in [2.24, 2.45) is 0 Å². The molecule has 5 nitrogen and oxygen atoms in total. The van der Waals surface area contributed by atoms with E-state index in [0.29, 0.717) is 17.3 Å². The molecule has 118 valence electrons. The number of benzene rings is 1. The van der Waals surface area contributed by atoms with E-state index in [2.05, 4.69) is 4.90 Å². The quantitative estimate of drug-likeness (QED) is 0.798. The van der Waals surface area contributed by atoms with Gasteiger partial charge >= 0.3 is 0 Å². The van der Waals surface area contributed by atoms with Gasteiger partial charge in [-0.3, -0.25) is 4.90 Å². The second-order valence-corrected chi connectivity index (χ2v) is 7.87. The van der Waals surface area contributed by atoms with Gasteiger partial charge in [-0.1, -0.05) is 0 Å². The first-order chi connectivity index (χ1) is 10.00. The van der Waals surface area contributed by atoms with Crippen LogP contribution in [0.4, 0.5) is 0 Å². The van der Waals surface area contributed by atoms with Crippen molar-refractivity contribution in [3.8, 4) is 5.75 Å².